The Morgan fingerprint density at radius 1 is 1.67 bits per heavy atom. The van der Waals surface area contributed by atoms with Crippen LogP contribution in [0.1, 0.15) is 12.6 Å². The standard InChI is InChI=1S/C8H11ClN2O/c1-8(12,5-10)6-3-2-4-7(9)11-6/h2-4,12H,5,10H2,1H3. The van der Waals surface area contributed by atoms with Crippen molar-refractivity contribution in [2.75, 3.05) is 6.54 Å². The van der Waals surface area contributed by atoms with Gasteiger partial charge in [-0.05, 0) is 19.1 Å². The number of hydrogen-bond acceptors (Lipinski definition) is 3. The lowest BCUT2D eigenvalue weighted by atomic mass is 10.0. The van der Waals surface area contributed by atoms with Gasteiger partial charge in [0.15, 0.2) is 0 Å². The molecule has 3 nitrogen and oxygen atoms in total. The van der Waals surface area contributed by atoms with Crippen LogP contribution in [0.2, 0.25) is 5.15 Å². The van der Waals surface area contributed by atoms with Crippen molar-refractivity contribution in [1.82, 2.24) is 4.98 Å². The number of hydrogen-bond donors (Lipinski definition) is 2. The maximum Gasteiger partial charge on any atom is 0.129 e. The highest BCUT2D eigenvalue weighted by molar-refractivity contribution is 6.29. The van der Waals surface area contributed by atoms with E-state index >= 15 is 0 Å². The largest absolute Gasteiger partial charge is 0.383 e. The Bertz CT molecular complexity index is 276. The van der Waals surface area contributed by atoms with E-state index in [0.29, 0.717) is 10.8 Å². The van der Waals surface area contributed by atoms with Gasteiger partial charge in [0, 0.05) is 6.54 Å². The van der Waals surface area contributed by atoms with Gasteiger partial charge in [0.05, 0.1) is 5.69 Å². The number of nitrogens with two attached hydrogens (primary N) is 1. The van der Waals surface area contributed by atoms with E-state index in [1.165, 1.54) is 0 Å². The number of halogens is 1. The van der Waals surface area contributed by atoms with Gasteiger partial charge in [-0.25, -0.2) is 4.98 Å². The lowest BCUT2D eigenvalue weighted by Crippen LogP contribution is -2.32. The number of rotatable bonds is 2. The zero-order valence-electron chi connectivity index (χ0n) is 6.79. The first-order chi connectivity index (χ1) is 5.56. The second-order valence-corrected chi connectivity index (χ2v) is 3.21. The summed E-state index contributed by atoms with van der Waals surface area (Å²) >= 11 is 5.64. The minimum atomic E-state index is -1.09. The molecule has 0 aliphatic rings. The fraction of sp³-hybridized carbons (Fsp3) is 0.375. The van der Waals surface area contributed by atoms with Gasteiger partial charge in [-0.2, -0.15) is 0 Å². The van der Waals surface area contributed by atoms with E-state index < -0.39 is 5.60 Å². The minimum Gasteiger partial charge on any atom is -0.383 e. The molecule has 1 aromatic rings. The maximum atomic E-state index is 9.67. The summed E-state index contributed by atoms with van der Waals surface area (Å²) in [5.41, 5.74) is 4.76. The molecular formula is C8H11ClN2O. The summed E-state index contributed by atoms with van der Waals surface area (Å²) in [6, 6.07) is 5.07. The number of nitrogens with zero attached hydrogens (tertiary/aromatic N) is 1. The van der Waals surface area contributed by atoms with Crippen molar-refractivity contribution in [2.24, 2.45) is 5.73 Å². The molecule has 1 unspecified atom stereocenters. The Labute approximate surface area is 76.2 Å². The van der Waals surface area contributed by atoms with E-state index in [1.807, 2.05) is 0 Å². The lowest BCUT2D eigenvalue weighted by Gasteiger charge is -2.19. The van der Waals surface area contributed by atoms with Gasteiger partial charge in [0.1, 0.15) is 10.8 Å². The monoisotopic (exact) mass is 186 g/mol. The minimum absolute atomic E-state index is 0.125. The van der Waals surface area contributed by atoms with Crippen LogP contribution in [-0.2, 0) is 5.60 Å². The molecule has 1 heterocycles. The van der Waals surface area contributed by atoms with E-state index in [2.05, 4.69) is 4.98 Å². The summed E-state index contributed by atoms with van der Waals surface area (Å²) in [4.78, 5) is 3.95. The van der Waals surface area contributed by atoms with Crippen LogP contribution in [0.3, 0.4) is 0 Å². The quantitative estimate of drug-likeness (QED) is 0.675. The summed E-state index contributed by atoms with van der Waals surface area (Å²) in [7, 11) is 0. The molecule has 3 N–H and O–H groups in total. The Balaban J connectivity index is 3.03. The highest BCUT2D eigenvalue weighted by Gasteiger charge is 2.22. The number of pyridine rings is 1. The van der Waals surface area contributed by atoms with Crippen LogP contribution < -0.4 is 5.73 Å². The van der Waals surface area contributed by atoms with Crippen LogP contribution in [0, 0.1) is 0 Å². The van der Waals surface area contributed by atoms with Gasteiger partial charge >= 0.3 is 0 Å². The van der Waals surface area contributed by atoms with Gasteiger partial charge in [-0.3, -0.25) is 0 Å². The molecule has 66 valence electrons. The van der Waals surface area contributed by atoms with Crippen molar-refractivity contribution in [1.29, 1.82) is 0 Å². The Morgan fingerprint density at radius 2 is 2.33 bits per heavy atom. The van der Waals surface area contributed by atoms with Crippen molar-refractivity contribution >= 4 is 11.6 Å². The highest BCUT2D eigenvalue weighted by atomic mass is 35.5. The first-order valence-corrected chi connectivity index (χ1v) is 3.99. The molecule has 0 aromatic carbocycles. The number of aliphatic hydroxyl groups is 1. The third-order valence-corrected chi connectivity index (χ3v) is 1.87. The number of aromatic nitrogens is 1. The third-order valence-electron chi connectivity index (χ3n) is 1.66. The first-order valence-electron chi connectivity index (χ1n) is 3.62. The van der Waals surface area contributed by atoms with Crippen molar-refractivity contribution in [3.63, 3.8) is 0 Å². The normalized spacial score (nSPS) is 15.7. The molecule has 0 saturated carbocycles. The summed E-state index contributed by atoms with van der Waals surface area (Å²) in [5.74, 6) is 0. The molecule has 0 aliphatic carbocycles. The SMILES string of the molecule is CC(O)(CN)c1cccc(Cl)n1. The lowest BCUT2D eigenvalue weighted by molar-refractivity contribution is 0.0622. The van der Waals surface area contributed by atoms with E-state index in [1.54, 1.807) is 25.1 Å². The van der Waals surface area contributed by atoms with Crippen molar-refractivity contribution in [3.05, 3.63) is 29.0 Å². The topological polar surface area (TPSA) is 59.1 Å². The Hall–Kier alpha value is -0.640. The zero-order valence-corrected chi connectivity index (χ0v) is 7.54. The molecule has 4 heteroatoms. The van der Waals surface area contributed by atoms with Crippen LogP contribution >= 0.6 is 11.6 Å². The van der Waals surface area contributed by atoms with Crippen molar-refractivity contribution in [3.8, 4) is 0 Å². The maximum absolute atomic E-state index is 9.67. The van der Waals surface area contributed by atoms with Crippen LogP contribution in [0.15, 0.2) is 18.2 Å². The molecule has 0 radical (unpaired) electrons. The van der Waals surface area contributed by atoms with Crippen molar-refractivity contribution in [2.45, 2.75) is 12.5 Å². The van der Waals surface area contributed by atoms with Crippen molar-refractivity contribution < 1.29 is 5.11 Å². The molecule has 1 rings (SSSR count). The van der Waals surface area contributed by atoms with Gasteiger partial charge in [0.25, 0.3) is 0 Å². The predicted octanol–water partition coefficient (Wildman–Crippen LogP) is 0.901. The van der Waals surface area contributed by atoms with Gasteiger partial charge in [0.2, 0.25) is 0 Å². The van der Waals surface area contributed by atoms with E-state index in [4.69, 9.17) is 17.3 Å². The highest BCUT2D eigenvalue weighted by Crippen LogP contribution is 2.18. The molecule has 0 fully saturated rings. The Morgan fingerprint density at radius 3 is 2.83 bits per heavy atom. The summed E-state index contributed by atoms with van der Waals surface area (Å²) in [5, 5.41) is 10.0. The second-order valence-electron chi connectivity index (χ2n) is 2.82. The molecule has 1 atom stereocenters. The molecule has 0 amide bonds. The van der Waals surface area contributed by atoms with E-state index in [0.717, 1.165) is 0 Å². The molecule has 0 bridgehead atoms. The third kappa shape index (κ3) is 1.94. The molecule has 1 aromatic heterocycles. The fourth-order valence-corrected chi connectivity index (χ4v) is 0.977. The van der Waals surface area contributed by atoms with Gasteiger partial charge in [-0.1, -0.05) is 17.7 Å². The fourth-order valence-electron chi connectivity index (χ4n) is 0.813. The second kappa shape index (κ2) is 3.39. The van der Waals surface area contributed by atoms with Crippen LogP contribution in [0.4, 0.5) is 0 Å². The van der Waals surface area contributed by atoms with Crippen LogP contribution in [0.25, 0.3) is 0 Å². The molecular weight excluding hydrogens is 176 g/mol. The van der Waals surface area contributed by atoms with E-state index in [-0.39, 0.29) is 6.54 Å². The predicted molar refractivity (Wildman–Crippen MR) is 47.9 cm³/mol. The zero-order chi connectivity index (χ0) is 9.19. The molecule has 12 heavy (non-hydrogen) atoms. The molecule has 0 spiro atoms. The van der Waals surface area contributed by atoms with E-state index in [9.17, 15) is 5.11 Å². The Kier molecular flexibility index (Phi) is 2.67. The van der Waals surface area contributed by atoms with Gasteiger partial charge < -0.3 is 10.8 Å². The van der Waals surface area contributed by atoms with Crippen LogP contribution in [0.5, 0.6) is 0 Å². The van der Waals surface area contributed by atoms with Gasteiger partial charge in [-0.15, -0.1) is 0 Å². The first kappa shape index (κ1) is 9.45. The summed E-state index contributed by atoms with van der Waals surface area (Å²) in [6.45, 7) is 1.73. The molecule has 0 aliphatic heterocycles. The summed E-state index contributed by atoms with van der Waals surface area (Å²) in [6.07, 6.45) is 0. The molecule has 0 saturated heterocycles. The smallest absolute Gasteiger partial charge is 0.129 e. The average molecular weight is 187 g/mol. The van der Waals surface area contributed by atoms with Crippen LogP contribution in [-0.4, -0.2) is 16.6 Å². The average Bonchev–Trinajstić information content (AvgIpc) is 2.05. The summed E-state index contributed by atoms with van der Waals surface area (Å²) < 4.78 is 0.